The normalized spacial score (nSPS) is 21.5. The first-order valence-corrected chi connectivity index (χ1v) is 11.8. The first kappa shape index (κ1) is 26.1. The number of hydrogen-bond acceptors (Lipinski definition) is 12. The minimum atomic E-state index is -1.70. The van der Waals surface area contributed by atoms with E-state index in [1.54, 1.807) is 0 Å². The van der Waals surface area contributed by atoms with Crippen molar-refractivity contribution in [1.29, 1.82) is 0 Å². The number of rotatable bonds is 6. The first-order valence-electron chi connectivity index (χ1n) is 11.8. The maximum atomic E-state index is 12.9. The van der Waals surface area contributed by atoms with Crippen molar-refractivity contribution in [2.75, 3.05) is 27.9 Å². The fourth-order valence-electron chi connectivity index (χ4n) is 4.70. The molecular weight excluding hydrogens is 516 g/mol. The minimum absolute atomic E-state index is 0.108. The van der Waals surface area contributed by atoms with Crippen molar-refractivity contribution in [2.24, 2.45) is 0 Å². The third-order valence-corrected chi connectivity index (χ3v) is 6.58. The number of carbonyl (C=O) groups is 1. The van der Waals surface area contributed by atoms with Gasteiger partial charge in [-0.05, 0) is 24.3 Å². The standard InChI is InChI=1S/C27H26O12/c1-34-16-4-11(5-17(35-2)22(16)31)25-20(10-28)39-27-18(36-3)6-12(7-19(27)38-25)26-24(33)23(32)21-14(30)8-13(29)9-15(21)37-26/h4-9,20,24-26,28-31,33H,10H2,1-3H3/t20?,24-,25?,26+/m0/s1. The third-order valence-electron chi connectivity index (χ3n) is 6.58. The summed E-state index contributed by atoms with van der Waals surface area (Å²) in [6, 6.07) is 8.15. The number of hydrogen-bond donors (Lipinski definition) is 5. The van der Waals surface area contributed by atoms with Gasteiger partial charge in [-0.2, -0.15) is 0 Å². The number of aliphatic hydroxyl groups excluding tert-OH is 2. The predicted molar refractivity (Wildman–Crippen MR) is 133 cm³/mol. The summed E-state index contributed by atoms with van der Waals surface area (Å²) in [7, 11) is 4.13. The van der Waals surface area contributed by atoms with Crippen LogP contribution in [-0.2, 0) is 0 Å². The first-order chi connectivity index (χ1) is 18.7. The molecular formula is C27H26O12. The number of Topliss-reactive ketones (excluding diaryl/α,β-unsaturated/α-hetero) is 1. The maximum Gasteiger partial charge on any atom is 0.204 e. The molecule has 2 unspecified atom stereocenters. The molecule has 2 aliphatic heterocycles. The van der Waals surface area contributed by atoms with Crippen molar-refractivity contribution in [2.45, 2.75) is 24.4 Å². The molecule has 3 aromatic rings. The molecule has 5 N–H and O–H groups in total. The van der Waals surface area contributed by atoms with Crippen LogP contribution < -0.4 is 28.4 Å². The van der Waals surface area contributed by atoms with Gasteiger partial charge in [0.1, 0.15) is 22.8 Å². The van der Waals surface area contributed by atoms with Gasteiger partial charge in [0.2, 0.25) is 17.3 Å². The molecule has 0 saturated heterocycles. The van der Waals surface area contributed by atoms with E-state index in [0.29, 0.717) is 5.56 Å². The van der Waals surface area contributed by atoms with Crippen molar-refractivity contribution >= 4 is 5.78 Å². The van der Waals surface area contributed by atoms with E-state index in [2.05, 4.69) is 0 Å². The van der Waals surface area contributed by atoms with Gasteiger partial charge in [0, 0.05) is 23.3 Å². The van der Waals surface area contributed by atoms with Gasteiger partial charge in [-0.3, -0.25) is 4.79 Å². The van der Waals surface area contributed by atoms with Gasteiger partial charge in [0.05, 0.1) is 27.9 Å². The smallest absolute Gasteiger partial charge is 0.204 e. The Bertz CT molecular complexity index is 1410. The molecule has 0 fully saturated rings. The molecule has 5 rings (SSSR count). The number of fused-ring (bicyclic) bond motifs is 2. The number of phenols is 3. The van der Waals surface area contributed by atoms with Gasteiger partial charge in [-0.15, -0.1) is 0 Å². The Balaban J connectivity index is 1.57. The van der Waals surface area contributed by atoms with Crippen LogP contribution in [0.5, 0.6) is 51.7 Å². The van der Waals surface area contributed by atoms with Gasteiger partial charge >= 0.3 is 0 Å². The second kappa shape index (κ2) is 9.97. The SMILES string of the molecule is COc1cc(C2Oc3cc([C@H]4Oc5cc(O)cc(O)c5C(=O)[C@@H]4O)cc(OC)c3OC2CO)cc(OC)c1O. The Morgan fingerprint density at radius 1 is 0.769 bits per heavy atom. The third kappa shape index (κ3) is 4.33. The molecule has 0 saturated carbocycles. The van der Waals surface area contributed by atoms with Crippen LogP contribution >= 0.6 is 0 Å². The number of benzene rings is 3. The van der Waals surface area contributed by atoms with Gasteiger partial charge in [0.15, 0.2) is 47.4 Å². The van der Waals surface area contributed by atoms with Crippen molar-refractivity contribution in [3.63, 3.8) is 0 Å². The Labute approximate surface area is 222 Å². The lowest BCUT2D eigenvalue weighted by molar-refractivity contribution is -0.0149. The molecule has 0 aliphatic carbocycles. The van der Waals surface area contributed by atoms with E-state index >= 15 is 0 Å². The highest BCUT2D eigenvalue weighted by molar-refractivity contribution is 6.05. The molecule has 0 spiro atoms. The van der Waals surface area contributed by atoms with E-state index in [1.165, 1.54) is 45.6 Å². The number of carbonyl (C=O) groups excluding carboxylic acids is 1. The minimum Gasteiger partial charge on any atom is -0.508 e. The van der Waals surface area contributed by atoms with Gasteiger partial charge in [0.25, 0.3) is 0 Å². The summed E-state index contributed by atoms with van der Waals surface area (Å²) >= 11 is 0. The monoisotopic (exact) mass is 542 g/mol. The zero-order valence-electron chi connectivity index (χ0n) is 21.1. The maximum absolute atomic E-state index is 12.9. The molecule has 0 amide bonds. The van der Waals surface area contributed by atoms with E-state index in [1.807, 2.05) is 0 Å². The molecule has 12 heteroatoms. The van der Waals surface area contributed by atoms with Crippen LogP contribution in [0.25, 0.3) is 0 Å². The van der Waals surface area contributed by atoms with E-state index in [9.17, 15) is 30.3 Å². The van der Waals surface area contributed by atoms with E-state index in [-0.39, 0.29) is 57.1 Å². The van der Waals surface area contributed by atoms with Crippen molar-refractivity contribution in [3.8, 4) is 51.7 Å². The van der Waals surface area contributed by atoms with Crippen molar-refractivity contribution < 1.29 is 58.7 Å². The highest BCUT2D eigenvalue weighted by Crippen LogP contribution is 2.50. The molecule has 4 atom stereocenters. The summed E-state index contributed by atoms with van der Waals surface area (Å²) in [5.74, 6) is -1.24. The van der Waals surface area contributed by atoms with Crippen LogP contribution in [-0.4, -0.2) is 71.5 Å². The van der Waals surface area contributed by atoms with Crippen LogP contribution in [0.4, 0.5) is 0 Å². The lowest BCUT2D eigenvalue weighted by Crippen LogP contribution is -2.37. The number of phenolic OH excluding ortho intramolecular Hbond substituents is 3. The van der Waals surface area contributed by atoms with Gasteiger partial charge in [-0.1, -0.05) is 0 Å². The number of aromatic hydroxyl groups is 3. The van der Waals surface area contributed by atoms with Gasteiger partial charge < -0.3 is 54.0 Å². The molecule has 0 aromatic heterocycles. The lowest BCUT2D eigenvalue weighted by atomic mass is 9.92. The Morgan fingerprint density at radius 3 is 1.97 bits per heavy atom. The average molecular weight is 542 g/mol. The zero-order valence-corrected chi connectivity index (χ0v) is 21.1. The fourth-order valence-corrected chi connectivity index (χ4v) is 4.70. The Kier molecular flexibility index (Phi) is 6.66. The number of methoxy groups -OCH3 is 3. The van der Waals surface area contributed by atoms with E-state index in [4.69, 9.17) is 28.4 Å². The Hall–Kier alpha value is -4.55. The second-order valence-corrected chi connectivity index (χ2v) is 8.89. The lowest BCUT2D eigenvalue weighted by Gasteiger charge is -2.35. The molecule has 12 nitrogen and oxygen atoms in total. The summed E-state index contributed by atoms with van der Waals surface area (Å²) in [6.07, 6.45) is -4.75. The van der Waals surface area contributed by atoms with Crippen LogP contribution in [0.1, 0.15) is 33.7 Å². The Morgan fingerprint density at radius 2 is 1.36 bits per heavy atom. The molecule has 206 valence electrons. The summed E-state index contributed by atoms with van der Waals surface area (Å²) in [5.41, 5.74) is 0.479. The summed E-state index contributed by atoms with van der Waals surface area (Å²) in [6.45, 7) is -0.441. The number of ether oxygens (including phenoxy) is 6. The largest absolute Gasteiger partial charge is 0.508 e. The van der Waals surface area contributed by atoms with Gasteiger partial charge in [-0.25, -0.2) is 0 Å². The predicted octanol–water partition coefficient (Wildman–Crippen LogP) is 2.38. The number of aliphatic hydroxyl groups is 2. The molecule has 2 heterocycles. The zero-order chi connectivity index (χ0) is 28.0. The molecule has 2 aliphatic rings. The summed E-state index contributed by atoms with van der Waals surface area (Å²) < 4.78 is 34.1. The van der Waals surface area contributed by atoms with Crippen LogP contribution in [0.3, 0.4) is 0 Å². The van der Waals surface area contributed by atoms with Crippen LogP contribution in [0, 0.1) is 0 Å². The topological polar surface area (TPSA) is 174 Å². The summed E-state index contributed by atoms with van der Waals surface area (Å²) in [4.78, 5) is 12.9. The molecule has 0 radical (unpaired) electrons. The fraction of sp³-hybridized carbons (Fsp3) is 0.296. The molecule has 0 bridgehead atoms. The van der Waals surface area contributed by atoms with Crippen molar-refractivity contribution in [3.05, 3.63) is 53.1 Å². The second-order valence-electron chi connectivity index (χ2n) is 8.89. The van der Waals surface area contributed by atoms with E-state index < -0.39 is 42.6 Å². The molecule has 3 aromatic carbocycles. The quantitative estimate of drug-likeness (QED) is 0.308. The van der Waals surface area contributed by atoms with Crippen LogP contribution in [0.15, 0.2) is 36.4 Å². The summed E-state index contributed by atoms with van der Waals surface area (Å²) in [5, 5.41) is 51.2. The van der Waals surface area contributed by atoms with Crippen LogP contribution in [0.2, 0.25) is 0 Å². The average Bonchev–Trinajstić information content (AvgIpc) is 2.93. The molecule has 39 heavy (non-hydrogen) atoms. The van der Waals surface area contributed by atoms with Crippen molar-refractivity contribution in [1.82, 2.24) is 0 Å². The van der Waals surface area contributed by atoms with E-state index in [0.717, 1.165) is 12.1 Å². The number of ketones is 1. The highest BCUT2D eigenvalue weighted by Gasteiger charge is 2.41. The highest BCUT2D eigenvalue weighted by atomic mass is 16.6.